The van der Waals surface area contributed by atoms with Crippen LogP contribution in [0.25, 0.3) is 5.57 Å². The van der Waals surface area contributed by atoms with Gasteiger partial charge in [0, 0.05) is 12.1 Å². The maximum absolute atomic E-state index is 11.1. The number of nitrogens with one attached hydrogen (secondary N) is 1. The molecule has 0 bridgehead atoms. The van der Waals surface area contributed by atoms with E-state index in [0.29, 0.717) is 29.8 Å². The summed E-state index contributed by atoms with van der Waals surface area (Å²) >= 11 is 0. The summed E-state index contributed by atoms with van der Waals surface area (Å²) in [5.74, 6) is 0.680. The number of ether oxygens (including phenoxy) is 2. The number of benzene rings is 1. The molecular formula is C16H18N4O3. The van der Waals surface area contributed by atoms with Gasteiger partial charge in [-0.1, -0.05) is 30.8 Å². The summed E-state index contributed by atoms with van der Waals surface area (Å²) in [4.78, 5) is 19.5. The molecule has 0 unspecified atom stereocenters. The number of nitrogens with zero attached hydrogens (tertiary/aromatic N) is 2. The molecule has 1 amide bonds. The minimum absolute atomic E-state index is 0.283. The Balaban J connectivity index is 2.06. The lowest BCUT2D eigenvalue weighted by molar-refractivity contribution is -0.112. The summed E-state index contributed by atoms with van der Waals surface area (Å²) in [5.41, 5.74) is 7.16. The molecule has 7 heteroatoms. The third-order valence-electron chi connectivity index (χ3n) is 3.15. The first-order valence-corrected chi connectivity index (χ1v) is 6.82. The van der Waals surface area contributed by atoms with Crippen molar-refractivity contribution in [2.24, 2.45) is 5.73 Å². The molecule has 0 radical (unpaired) electrons. The number of carbonyl (C=O) groups excluding carboxylic acids is 1. The van der Waals surface area contributed by atoms with E-state index in [-0.39, 0.29) is 5.57 Å². The Morgan fingerprint density at radius 2 is 1.74 bits per heavy atom. The predicted octanol–water partition coefficient (Wildman–Crippen LogP) is 1.60. The van der Waals surface area contributed by atoms with Gasteiger partial charge in [0.05, 0.1) is 20.3 Å². The van der Waals surface area contributed by atoms with Crippen LogP contribution >= 0.6 is 0 Å². The van der Waals surface area contributed by atoms with Crippen molar-refractivity contribution in [3.63, 3.8) is 0 Å². The lowest BCUT2D eigenvalue weighted by Crippen LogP contribution is -2.12. The van der Waals surface area contributed by atoms with Gasteiger partial charge in [0.1, 0.15) is 0 Å². The first kappa shape index (κ1) is 16.3. The van der Waals surface area contributed by atoms with Crippen LogP contribution in [0.3, 0.4) is 0 Å². The topological polar surface area (TPSA) is 99.4 Å². The summed E-state index contributed by atoms with van der Waals surface area (Å²) in [6, 6.07) is 8.91. The van der Waals surface area contributed by atoms with E-state index in [1.807, 2.05) is 12.1 Å². The highest BCUT2D eigenvalue weighted by atomic mass is 16.5. The molecule has 0 fully saturated rings. The molecule has 1 heterocycles. The fourth-order valence-corrected chi connectivity index (χ4v) is 1.84. The molecule has 2 aromatic rings. The number of amides is 1. The number of hydrogen-bond acceptors (Lipinski definition) is 6. The van der Waals surface area contributed by atoms with E-state index < -0.39 is 5.91 Å². The third kappa shape index (κ3) is 4.19. The van der Waals surface area contributed by atoms with Crippen LogP contribution < -0.4 is 20.5 Å². The highest BCUT2D eigenvalue weighted by Crippen LogP contribution is 2.18. The van der Waals surface area contributed by atoms with Crippen molar-refractivity contribution >= 4 is 17.4 Å². The van der Waals surface area contributed by atoms with E-state index in [1.54, 1.807) is 18.2 Å². The fourth-order valence-electron chi connectivity index (χ4n) is 1.84. The van der Waals surface area contributed by atoms with E-state index in [4.69, 9.17) is 15.2 Å². The number of rotatable bonds is 7. The van der Waals surface area contributed by atoms with Crippen LogP contribution in [0.5, 0.6) is 11.8 Å². The van der Waals surface area contributed by atoms with E-state index in [0.717, 1.165) is 5.56 Å². The van der Waals surface area contributed by atoms with Gasteiger partial charge in [-0.2, -0.15) is 9.97 Å². The van der Waals surface area contributed by atoms with Crippen LogP contribution in [-0.4, -0.2) is 30.1 Å². The molecule has 0 spiro atoms. The Morgan fingerprint density at radius 1 is 1.17 bits per heavy atom. The Hall–Kier alpha value is -3.09. The molecular weight excluding hydrogens is 296 g/mol. The molecule has 0 saturated carbocycles. The number of nitrogens with two attached hydrogens (primary N) is 1. The monoisotopic (exact) mass is 314 g/mol. The molecule has 0 atom stereocenters. The summed E-state index contributed by atoms with van der Waals surface area (Å²) in [7, 11) is 3.05. The Kier molecular flexibility index (Phi) is 5.14. The predicted molar refractivity (Wildman–Crippen MR) is 87.1 cm³/mol. The molecule has 3 N–H and O–H groups in total. The van der Waals surface area contributed by atoms with Crippen molar-refractivity contribution in [2.75, 3.05) is 19.5 Å². The minimum atomic E-state index is -0.534. The second kappa shape index (κ2) is 7.26. The maximum atomic E-state index is 11.1. The molecule has 120 valence electrons. The number of methoxy groups -OCH3 is 2. The van der Waals surface area contributed by atoms with Crippen LogP contribution in [-0.2, 0) is 11.3 Å². The summed E-state index contributed by atoms with van der Waals surface area (Å²) in [5, 5.41) is 3.09. The average molecular weight is 314 g/mol. The van der Waals surface area contributed by atoms with Gasteiger partial charge in [-0.3, -0.25) is 4.79 Å². The SMILES string of the molecule is C=C(C(N)=O)c1ccc(CNc2nc(OC)cc(OC)n2)cc1. The Bertz CT molecular complexity index is 692. The van der Waals surface area contributed by atoms with Crippen LogP contribution in [0.2, 0.25) is 0 Å². The van der Waals surface area contributed by atoms with Gasteiger partial charge in [0.25, 0.3) is 0 Å². The van der Waals surface area contributed by atoms with E-state index in [1.165, 1.54) is 14.2 Å². The highest BCUT2D eigenvalue weighted by Gasteiger charge is 2.07. The standard InChI is InChI=1S/C16H18N4O3/c1-10(15(17)21)12-6-4-11(5-7-12)9-18-16-19-13(22-2)8-14(20-16)23-3/h4-8H,1,9H2,2-3H3,(H2,17,21)(H,18,19,20). The van der Waals surface area contributed by atoms with Gasteiger partial charge >= 0.3 is 0 Å². The summed E-state index contributed by atoms with van der Waals surface area (Å²) in [6.45, 7) is 4.15. The second-order valence-electron chi connectivity index (χ2n) is 4.67. The molecule has 1 aromatic carbocycles. The zero-order chi connectivity index (χ0) is 16.8. The van der Waals surface area contributed by atoms with Crippen LogP contribution in [0.15, 0.2) is 36.9 Å². The molecule has 0 saturated heterocycles. The zero-order valence-electron chi connectivity index (χ0n) is 13.0. The maximum Gasteiger partial charge on any atom is 0.248 e. The fraction of sp³-hybridized carbons (Fsp3) is 0.188. The van der Waals surface area contributed by atoms with Crippen LogP contribution in [0.1, 0.15) is 11.1 Å². The number of carbonyl (C=O) groups is 1. The molecule has 0 aliphatic rings. The second-order valence-corrected chi connectivity index (χ2v) is 4.67. The normalized spacial score (nSPS) is 10.0. The zero-order valence-corrected chi connectivity index (χ0v) is 13.0. The summed E-state index contributed by atoms with van der Waals surface area (Å²) in [6.07, 6.45) is 0. The first-order valence-electron chi connectivity index (χ1n) is 6.82. The minimum Gasteiger partial charge on any atom is -0.481 e. The number of hydrogen-bond donors (Lipinski definition) is 2. The van der Waals surface area contributed by atoms with Crippen molar-refractivity contribution in [1.29, 1.82) is 0 Å². The summed E-state index contributed by atoms with van der Waals surface area (Å²) < 4.78 is 10.2. The van der Waals surface area contributed by atoms with Gasteiger partial charge < -0.3 is 20.5 Å². The van der Waals surface area contributed by atoms with Crippen molar-refractivity contribution in [1.82, 2.24) is 9.97 Å². The average Bonchev–Trinajstić information content (AvgIpc) is 2.59. The lowest BCUT2D eigenvalue weighted by Gasteiger charge is -2.09. The van der Waals surface area contributed by atoms with Gasteiger partial charge in [-0.15, -0.1) is 0 Å². The molecule has 0 aliphatic carbocycles. The van der Waals surface area contributed by atoms with Crippen molar-refractivity contribution in [3.05, 3.63) is 48.0 Å². The van der Waals surface area contributed by atoms with E-state index in [9.17, 15) is 4.79 Å². The largest absolute Gasteiger partial charge is 0.481 e. The first-order chi connectivity index (χ1) is 11.0. The smallest absolute Gasteiger partial charge is 0.248 e. The molecule has 0 aliphatic heterocycles. The Morgan fingerprint density at radius 3 is 2.22 bits per heavy atom. The number of aromatic nitrogens is 2. The van der Waals surface area contributed by atoms with E-state index >= 15 is 0 Å². The van der Waals surface area contributed by atoms with Crippen molar-refractivity contribution < 1.29 is 14.3 Å². The van der Waals surface area contributed by atoms with Crippen molar-refractivity contribution in [2.45, 2.75) is 6.54 Å². The number of anilines is 1. The molecule has 7 nitrogen and oxygen atoms in total. The van der Waals surface area contributed by atoms with Crippen molar-refractivity contribution in [3.8, 4) is 11.8 Å². The number of primary amides is 1. The highest BCUT2D eigenvalue weighted by molar-refractivity contribution is 6.17. The molecule has 2 rings (SSSR count). The van der Waals surface area contributed by atoms with Gasteiger partial charge in [-0.05, 0) is 11.1 Å². The van der Waals surface area contributed by atoms with Crippen LogP contribution in [0.4, 0.5) is 5.95 Å². The Labute approximate surface area is 134 Å². The quantitative estimate of drug-likeness (QED) is 0.753. The van der Waals surface area contributed by atoms with Gasteiger partial charge in [0.2, 0.25) is 23.6 Å². The lowest BCUT2D eigenvalue weighted by atomic mass is 10.1. The van der Waals surface area contributed by atoms with Gasteiger partial charge in [0.15, 0.2) is 0 Å². The third-order valence-corrected chi connectivity index (χ3v) is 3.15. The molecule has 1 aromatic heterocycles. The van der Waals surface area contributed by atoms with E-state index in [2.05, 4.69) is 21.9 Å². The van der Waals surface area contributed by atoms with Crippen LogP contribution in [0, 0.1) is 0 Å². The molecule has 23 heavy (non-hydrogen) atoms. The van der Waals surface area contributed by atoms with Gasteiger partial charge in [-0.25, -0.2) is 0 Å².